The highest BCUT2D eigenvalue weighted by molar-refractivity contribution is 7.80. The molecule has 1 N–H and O–H groups in total. The molecule has 1 rings (SSSR count). The van der Waals surface area contributed by atoms with Crippen LogP contribution in [0, 0.1) is 0 Å². The smallest absolute Gasteiger partial charge is 0.399 e. The third kappa shape index (κ3) is 2.13. The summed E-state index contributed by atoms with van der Waals surface area (Å²) < 4.78 is 4.91. The predicted octanol–water partition coefficient (Wildman–Crippen LogP) is -0.416. The van der Waals surface area contributed by atoms with Crippen LogP contribution in [0.1, 0.15) is 6.42 Å². The molecule has 0 aliphatic carbocycles. The third-order valence-electron chi connectivity index (χ3n) is 1.61. The van der Waals surface area contributed by atoms with E-state index in [2.05, 4.69) is 30.2 Å². The number of carbonyl (C=O) groups is 3. The number of ether oxygens (including phenoxy) is 1. The Morgan fingerprint density at radius 3 is 2.71 bits per heavy atom. The highest BCUT2D eigenvalue weighted by Gasteiger charge is 2.39. The second-order valence-corrected chi connectivity index (χ2v) is 3.55. The van der Waals surface area contributed by atoms with E-state index in [1.165, 1.54) is 0 Å². The lowest BCUT2D eigenvalue weighted by atomic mass is 10.2. The first-order valence-corrected chi connectivity index (χ1v) is 4.44. The number of carbonyl (C=O) groups excluding carboxylic acids is 2. The van der Waals surface area contributed by atoms with Crippen molar-refractivity contribution in [3.8, 4) is 0 Å². The van der Waals surface area contributed by atoms with Crippen LogP contribution in [0.4, 0.5) is 0 Å². The number of carboxylic acid groups (broad SMARTS) is 1. The first kappa shape index (κ1) is 11.2. The zero-order chi connectivity index (χ0) is 10.9. The Balaban J connectivity index is 2.93. The zero-order valence-electron chi connectivity index (χ0n) is 6.74. The van der Waals surface area contributed by atoms with Crippen LogP contribution >= 0.6 is 25.4 Å². The number of hydrogen-bond acceptors (Lipinski definition) is 5. The third-order valence-corrected chi connectivity index (χ3v) is 2.35. The summed E-state index contributed by atoms with van der Waals surface area (Å²) in [7, 11) is 0. The molecule has 1 fully saturated rings. The maximum atomic E-state index is 11.1. The highest BCUT2D eigenvalue weighted by atomic mass is 32.1. The van der Waals surface area contributed by atoms with Gasteiger partial charge in [0.1, 0.15) is 11.5 Å². The van der Waals surface area contributed by atoms with Crippen molar-refractivity contribution in [3.05, 3.63) is 0 Å². The highest BCUT2D eigenvalue weighted by Crippen LogP contribution is 2.19. The molecule has 1 aliphatic heterocycles. The van der Waals surface area contributed by atoms with Crippen molar-refractivity contribution in [1.82, 2.24) is 4.31 Å². The van der Waals surface area contributed by atoms with Crippen molar-refractivity contribution >= 4 is 43.3 Å². The maximum absolute atomic E-state index is 11.1. The number of esters is 1. The molecule has 1 heterocycles. The van der Waals surface area contributed by atoms with Crippen molar-refractivity contribution in [2.45, 2.75) is 17.9 Å². The van der Waals surface area contributed by atoms with Gasteiger partial charge in [0.05, 0.1) is 0 Å². The van der Waals surface area contributed by atoms with Gasteiger partial charge in [-0.15, -0.1) is 12.6 Å². The lowest BCUT2D eigenvalue weighted by Gasteiger charge is -2.17. The first-order valence-electron chi connectivity index (χ1n) is 3.55. The van der Waals surface area contributed by atoms with E-state index in [-0.39, 0.29) is 6.42 Å². The minimum atomic E-state index is -1.29. The normalized spacial score (nSPS) is 28.3. The molecule has 1 radical (unpaired) electrons. The fourth-order valence-electron chi connectivity index (χ4n) is 0.941. The SMILES string of the molecule is O=C1OC(S)C[C@@H](C(=O)O)N([S])C1=O. The number of amides is 1. The Kier molecular flexibility index (Phi) is 3.27. The van der Waals surface area contributed by atoms with Gasteiger partial charge in [0.25, 0.3) is 0 Å². The minimum absolute atomic E-state index is 0.126. The van der Waals surface area contributed by atoms with Crippen LogP contribution in [0.2, 0.25) is 0 Å². The van der Waals surface area contributed by atoms with Crippen LogP contribution in [-0.4, -0.2) is 38.7 Å². The summed E-state index contributed by atoms with van der Waals surface area (Å²) in [6.07, 6.45) is -0.126. The Bertz CT molecular complexity index is 294. The molecule has 0 bridgehead atoms. The fraction of sp³-hybridized carbons (Fsp3) is 0.500. The van der Waals surface area contributed by atoms with Crippen molar-refractivity contribution in [1.29, 1.82) is 0 Å². The van der Waals surface area contributed by atoms with Crippen LogP contribution in [0.3, 0.4) is 0 Å². The van der Waals surface area contributed by atoms with Crippen molar-refractivity contribution < 1.29 is 24.2 Å². The van der Waals surface area contributed by atoms with E-state index < -0.39 is 29.3 Å². The summed E-state index contributed by atoms with van der Waals surface area (Å²) in [4.78, 5) is 32.6. The Hall–Kier alpha value is -0.890. The summed E-state index contributed by atoms with van der Waals surface area (Å²) in [5.41, 5.74) is -0.930. The maximum Gasteiger partial charge on any atom is 0.399 e. The van der Waals surface area contributed by atoms with Gasteiger partial charge in [-0.3, -0.25) is 9.10 Å². The van der Waals surface area contributed by atoms with Crippen LogP contribution in [0.5, 0.6) is 0 Å². The van der Waals surface area contributed by atoms with Gasteiger partial charge in [-0.25, -0.2) is 9.59 Å². The molecule has 6 nitrogen and oxygen atoms in total. The van der Waals surface area contributed by atoms with Crippen LogP contribution in [-0.2, 0) is 19.1 Å². The summed E-state index contributed by atoms with van der Waals surface area (Å²) in [5.74, 6) is -3.61. The molecule has 8 heteroatoms. The predicted molar refractivity (Wildman–Crippen MR) is 49.3 cm³/mol. The Labute approximate surface area is 90.2 Å². The van der Waals surface area contributed by atoms with E-state index in [0.29, 0.717) is 4.31 Å². The van der Waals surface area contributed by atoms with Crippen molar-refractivity contribution in [2.24, 2.45) is 0 Å². The summed E-state index contributed by atoms with van der Waals surface area (Å²) in [6.45, 7) is 0. The van der Waals surface area contributed by atoms with Crippen LogP contribution in [0.15, 0.2) is 0 Å². The Morgan fingerprint density at radius 1 is 1.64 bits per heavy atom. The largest absolute Gasteiger partial charge is 0.480 e. The molecule has 0 aromatic carbocycles. The van der Waals surface area contributed by atoms with E-state index in [1.807, 2.05) is 0 Å². The number of rotatable bonds is 1. The quantitative estimate of drug-likeness (QED) is 0.367. The number of thiol groups is 1. The molecule has 0 aromatic rings. The molecule has 77 valence electrons. The van der Waals surface area contributed by atoms with Gasteiger partial charge in [-0.05, 0) is 0 Å². The van der Waals surface area contributed by atoms with Crippen LogP contribution < -0.4 is 0 Å². The van der Waals surface area contributed by atoms with Gasteiger partial charge in [-0.1, -0.05) is 0 Å². The number of hydrogen-bond donors (Lipinski definition) is 2. The molecule has 0 spiro atoms. The van der Waals surface area contributed by atoms with E-state index in [4.69, 9.17) is 5.11 Å². The molecule has 0 saturated carbocycles. The van der Waals surface area contributed by atoms with E-state index in [0.717, 1.165) is 0 Å². The molecule has 1 aliphatic rings. The molecule has 14 heavy (non-hydrogen) atoms. The molecular weight excluding hydrogens is 230 g/mol. The molecule has 1 amide bonds. The van der Waals surface area contributed by atoms with Gasteiger partial charge >= 0.3 is 17.8 Å². The summed E-state index contributed by atoms with van der Waals surface area (Å²) in [5, 5.41) is 8.69. The topological polar surface area (TPSA) is 83.9 Å². The number of nitrogens with zero attached hydrogens (tertiary/aromatic N) is 1. The number of carboxylic acids is 1. The Morgan fingerprint density at radius 2 is 2.21 bits per heavy atom. The monoisotopic (exact) mass is 236 g/mol. The average molecular weight is 236 g/mol. The second kappa shape index (κ2) is 4.09. The van der Waals surface area contributed by atoms with E-state index >= 15 is 0 Å². The molecule has 2 atom stereocenters. The number of cyclic esters (lactones) is 1. The minimum Gasteiger partial charge on any atom is -0.480 e. The average Bonchev–Trinajstić information content (AvgIpc) is 2.18. The first-order chi connectivity index (χ1) is 6.43. The zero-order valence-corrected chi connectivity index (χ0v) is 8.46. The molecular formula is C6H6NO5S2. The second-order valence-electron chi connectivity index (χ2n) is 2.58. The van der Waals surface area contributed by atoms with Gasteiger partial charge in [0, 0.05) is 19.2 Å². The van der Waals surface area contributed by atoms with E-state index in [1.54, 1.807) is 0 Å². The van der Waals surface area contributed by atoms with Gasteiger partial charge in [0.2, 0.25) is 0 Å². The van der Waals surface area contributed by atoms with Gasteiger partial charge < -0.3 is 9.84 Å². The van der Waals surface area contributed by atoms with E-state index in [9.17, 15) is 14.4 Å². The fourth-order valence-corrected chi connectivity index (χ4v) is 1.49. The van der Waals surface area contributed by atoms with Gasteiger partial charge in [0.15, 0.2) is 0 Å². The summed E-state index contributed by atoms with van der Waals surface area (Å²) in [6, 6.07) is -1.26. The lowest BCUT2D eigenvalue weighted by Crippen LogP contribution is -2.40. The molecule has 1 saturated heterocycles. The lowest BCUT2D eigenvalue weighted by molar-refractivity contribution is -0.157. The molecule has 1 unspecified atom stereocenters. The standard InChI is InChI=1S/C6H6NO5S2/c8-4-6(11)12-3(13)1-2(5(9)10)7(4)14/h2-3,13H,1H2,(H,9,10)/t2-,3?/m0/s1. The summed E-state index contributed by atoms with van der Waals surface area (Å²) >= 11 is 8.29. The molecule has 0 aromatic heterocycles. The van der Waals surface area contributed by atoms with Gasteiger partial charge in [-0.2, -0.15) is 0 Å². The van der Waals surface area contributed by atoms with Crippen molar-refractivity contribution in [2.75, 3.05) is 0 Å². The number of aliphatic carboxylic acids is 1. The van der Waals surface area contributed by atoms with Crippen molar-refractivity contribution in [3.63, 3.8) is 0 Å². The van der Waals surface area contributed by atoms with Crippen LogP contribution in [0.25, 0.3) is 0 Å².